The summed E-state index contributed by atoms with van der Waals surface area (Å²) in [5, 5.41) is 0. The molecule has 0 saturated heterocycles. The minimum Gasteiger partial charge on any atom is -0.481 e. The summed E-state index contributed by atoms with van der Waals surface area (Å²) in [7, 11) is 1.21. The van der Waals surface area contributed by atoms with Crippen molar-refractivity contribution in [1.29, 1.82) is 0 Å². The Morgan fingerprint density at radius 2 is 1.82 bits per heavy atom. The van der Waals surface area contributed by atoms with Gasteiger partial charge < -0.3 is 9.47 Å². The Labute approximate surface area is 160 Å². The van der Waals surface area contributed by atoms with Crippen LogP contribution in [0.1, 0.15) is 30.7 Å². The van der Waals surface area contributed by atoms with Crippen LogP contribution < -0.4 is 4.74 Å². The Morgan fingerprint density at radius 3 is 2.39 bits per heavy atom. The highest BCUT2D eigenvalue weighted by molar-refractivity contribution is 5.80. The van der Waals surface area contributed by atoms with E-state index >= 15 is 4.39 Å². The summed E-state index contributed by atoms with van der Waals surface area (Å²) in [5.74, 6) is -2.71. The SMILES string of the molecule is COC(=O)C(CC1CC1)c1cc(-c2ccccc2)cc(OCC(F)(F)F)c1F. The Hall–Kier alpha value is -2.57. The van der Waals surface area contributed by atoms with E-state index in [9.17, 15) is 18.0 Å². The molecule has 1 saturated carbocycles. The number of alkyl halides is 3. The second kappa shape index (κ2) is 8.20. The summed E-state index contributed by atoms with van der Waals surface area (Å²) in [5.41, 5.74) is 1.15. The molecule has 7 heteroatoms. The van der Waals surface area contributed by atoms with Gasteiger partial charge in [0.15, 0.2) is 18.2 Å². The predicted octanol–water partition coefficient (Wildman–Crippen LogP) is 5.49. The van der Waals surface area contributed by atoms with E-state index in [2.05, 4.69) is 0 Å². The van der Waals surface area contributed by atoms with Gasteiger partial charge in [0.25, 0.3) is 0 Å². The maximum Gasteiger partial charge on any atom is 0.422 e. The summed E-state index contributed by atoms with van der Waals surface area (Å²) < 4.78 is 62.4. The molecule has 0 heterocycles. The maximum absolute atomic E-state index is 15.1. The molecule has 0 bridgehead atoms. The Bertz CT molecular complexity index is 830. The van der Waals surface area contributed by atoms with Gasteiger partial charge in [0.1, 0.15) is 0 Å². The average molecular weight is 396 g/mol. The van der Waals surface area contributed by atoms with Crippen molar-refractivity contribution in [2.75, 3.05) is 13.7 Å². The van der Waals surface area contributed by atoms with Gasteiger partial charge in [0.2, 0.25) is 0 Å². The van der Waals surface area contributed by atoms with E-state index in [4.69, 9.17) is 9.47 Å². The van der Waals surface area contributed by atoms with Crippen molar-refractivity contribution in [2.45, 2.75) is 31.4 Å². The lowest BCUT2D eigenvalue weighted by Crippen LogP contribution is -2.21. The van der Waals surface area contributed by atoms with Crippen molar-refractivity contribution >= 4 is 5.97 Å². The fourth-order valence-corrected chi connectivity index (χ4v) is 3.11. The van der Waals surface area contributed by atoms with Crippen LogP contribution in [0, 0.1) is 11.7 Å². The van der Waals surface area contributed by atoms with E-state index in [1.165, 1.54) is 19.2 Å². The number of rotatable bonds is 7. The molecule has 0 radical (unpaired) electrons. The van der Waals surface area contributed by atoms with E-state index in [1.807, 2.05) is 0 Å². The average Bonchev–Trinajstić information content (AvgIpc) is 3.49. The molecule has 1 aliphatic carbocycles. The zero-order valence-electron chi connectivity index (χ0n) is 15.3. The van der Waals surface area contributed by atoms with Crippen LogP contribution in [0.2, 0.25) is 0 Å². The van der Waals surface area contributed by atoms with Gasteiger partial charge in [-0.15, -0.1) is 0 Å². The number of ether oxygens (including phenoxy) is 2. The van der Waals surface area contributed by atoms with E-state index in [1.54, 1.807) is 30.3 Å². The molecule has 0 aliphatic heterocycles. The molecular weight excluding hydrogens is 376 g/mol. The molecular formula is C21H20F4O3. The van der Waals surface area contributed by atoms with Crippen molar-refractivity contribution in [3.8, 4) is 16.9 Å². The third-order valence-electron chi connectivity index (χ3n) is 4.69. The molecule has 1 unspecified atom stereocenters. The number of benzene rings is 2. The van der Waals surface area contributed by atoms with E-state index in [-0.39, 0.29) is 11.5 Å². The zero-order valence-corrected chi connectivity index (χ0v) is 15.3. The number of methoxy groups -OCH3 is 1. The van der Waals surface area contributed by atoms with Gasteiger partial charge in [-0.1, -0.05) is 43.2 Å². The van der Waals surface area contributed by atoms with Crippen LogP contribution in [-0.4, -0.2) is 25.9 Å². The van der Waals surface area contributed by atoms with Crippen LogP contribution in [0.15, 0.2) is 42.5 Å². The van der Waals surface area contributed by atoms with Gasteiger partial charge in [-0.25, -0.2) is 4.39 Å². The molecule has 0 spiro atoms. The third kappa shape index (κ3) is 5.03. The number of hydrogen-bond donors (Lipinski definition) is 0. The lowest BCUT2D eigenvalue weighted by atomic mass is 9.90. The number of carbonyl (C=O) groups excluding carboxylic acids is 1. The topological polar surface area (TPSA) is 35.5 Å². The van der Waals surface area contributed by atoms with Crippen LogP contribution in [0.25, 0.3) is 11.1 Å². The fraction of sp³-hybridized carbons (Fsp3) is 0.381. The minimum atomic E-state index is -4.61. The summed E-state index contributed by atoms with van der Waals surface area (Å²) in [4.78, 5) is 12.3. The normalized spacial score (nSPS) is 15.2. The molecule has 0 amide bonds. The molecule has 0 aromatic heterocycles. The summed E-state index contributed by atoms with van der Waals surface area (Å²) in [6, 6.07) is 11.5. The predicted molar refractivity (Wildman–Crippen MR) is 95.5 cm³/mol. The van der Waals surface area contributed by atoms with Crippen LogP contribution in [0.3, 0.4) is 0 Å². The van der Waals surface area contributed by atoms with Gasteiger partial charge >= 0.3 is 12.1 Å². The first-order valence-electron chi connectivity index (χ1n) is 8.94. The van der Waals surface area contributed by atoms with Crippen molar-refractivity contribution in [1.82, 2.24) is 0 Å². The minimum absolute atomic E-state index is 0.00252. The number of halogens is 4. The largest absolute Gasteiger partial charge is 0.481 e. The van der Waals surface area contributed by atoms with Crippen molar-refractivity contribution in [3.63, 3.8) is 0 Å². The van der Waals surface area contributed by atoms with E-state index in [0.29, 0.717) is 17.5 Å². The Balaban J connectivity index is 2.06. The molecule has 0 N–H and O–H groups in total. The molecule has 3 nitrogen and oxygen atoms in total. The molecule has 1 atom stereocenters. The van der Waals surface area contributed by atoms with E-state index < -0.39 is 36.2 Å². The highest BCUT2D eigenvalue weighted by Crippen LogP contribution is 2.42. The molecule has 28 heavy (non-hydrogen) atoms. The quantitative estimate of drug-likeness (QED) is 0.459. The molecule has 2 aromatic rings. The van der Waals surface area contributed by atoms with Gasteiger partial charge in [-0.3, -0.25) is 4.79 Å². The Morgan fingerprint density at radius 1 is 1.14 bits per heavy atom. The summed E-state index contributed by atoms with van der Waals surface area (Å²) in [6.07, 6.45) is -2.35. The van der Waals surface area contributed by atoms with Crippen molar-refractivity contribution in [2.24, 2.45) is 5.92 Å². The molecule has 1 fully saturated rings. The second-order valence-corrected chi connectivity index (χ2v) is 6.90. The standard InChI is InChI=1S/C21H20F4O3/c1-27-20(26)17(9-13-7-8-13)16-10-15(14-5-3-2-4-6-14)11-18(19(16)22)28-12-21(23,24)25/h2-6,10-11,13,17H,7-9,12H2,1H3. The lowest BCUT2D eigenvalue weighted by molar-refractivity contribution is -0.154. The van der Waals surface area contributed by atoms with Crippen LogP contribution >= 0.6 is 0 Å². The number of esters is 1. The van der Waals surface area contributed by atoms with Gasteiger partial charge in [-0.2, -0.15) is 13.2 Å². The zero-order chi connectivity index (χ0) is 20.3. The molecule has 150 valence electrons. The van der Waals surface area contributed by atoms with Crippen LogP contribution in [0.4, 0.5) is 17.6 Å². The second-order valence-electron chi connectivity index (χ2n) is 6.90. The van der Waals surface area contributed by atoms with Crippen molar-refractivity contribution < 1.29 is 31.8 Å². The van der Waals surface area contributed by atoms with Gasteiger partial charge in [-0.05, 0) is 35.6 Å². The number of hydrogen-bond acceptors (Lipinski definition) is 3. The smallest absolute Gasteiger partial charge is 0.422 e. The first kappa shape index (κ1) is 20.2. The van der Waals surface area contributed by atoms with E-state index in [0.717, 1.165) is 12.8 Å². The van der Waals surface area contributed by atoms with Gasteiger partial charge in [0, 0.05) is 5.56 Å². The van der Waals surface area contributed by atoms with Crippen LogP contribution in [0.5, 0.6) is 5.75 Å². The Kier molecular flexibility index (Phi) is 5.91. The first-order valence-corrected chi connectivity index (χ1v) is 8.94. The third-order valence-corrected chi connectivity index (χ3v) is 4.69. The number of carbonyl (C=O) groups is 1. The summed E-state index contributed by atoms with van der Waals surface area (Å²) >= 11 is 0. The van der Waals surface area contributed by atoms with Crippen molar-refractivity contribution in [3.05, 3.63) is 53.8 Å². The maximum atomic E-state index is 15.1. The fourth-order valence-electron chi connectivity index (χ4n) is 3.11. The lowest BCUT2D eigenvalue weighted by Gasteiger charge is -2.19. The first-order chi connectivity index (χ1) is 13.3. The van der Waals surface area contributed by atoms with Crippen LogP contribution in [-0.2, 0) is 9.53 Å². The molecule has 1 aliphatic rings. The highest BCUT2D eigenvalue weighted by Gasteiger charge is 2.35. The monoisotopic (exact) mass is 396 g/mol. The van der Waals surface area contributed by atoms with Gasteiger partial charge in [0.05, 0.1) is 13.0 Å². The molecule has 3 rings (SSSR count). The highest BCUT2D eigenvalue weighted by atomic mass is 19.4. The summed E-state index contributed by atoms with van der Waals surface area (Å²) in [6.45, 7) is -1.62. The molecule has 2 aromatic carbocycles.